The SMILES string of the molecule is O=C(CC(O)c1ccccc1)Nc1ccc2c(c1)CC(=O)N2. The van der Waals surface area contributed by atoms with Gasteiger partial charge < -0.3 is 15.7 Å². The summed E-state index contributed by atoms with van der Waals surface area (Å²) >= 11 is 0. The number of hydrogen-bond acceptors (Lipinski definition) is 3. The molecule has 112 valence electrons. The van der Waals surface area contributed by atoms with Crippen molar-refractivity contribution in [2.24, 2.45) is 0 Å². The van der Waals surface area contributed by atoms with Crippen LogP contribution in [0.15, 0.2) is 48.5 Å². The summed E-state index contributed by atoms with van der Waals surface area (Å²) < 4.78 is 0. The molecule has 0 saturated carbocycles. The fourth-order valence-electron chi connectivity index (χ4n) is 2.49. The van der Waals surface area contributed by atoms with Crippen LogP contribution in [0.25, 0.3) is 0 Å². The van der Waals surface area contributed by atoms with Gasteiger partial charge in [-0.3, -0.25) is 9.59 Å². The van der Waals surface area contributed by atoms with Gasteiger partial charge in [-0.25, -0.2) is 0 Å². The van der Waals surface area contributed by atoms with Gasteiger partial charge in [0, 0.05) is 11.4 Å². The third-order valence-corrected chi connectivity index (χ3v) is 3.58. The maximum Gasteiger partial charge on any atom is 0.228 e. The number of aliphatic hydroxyl groups is 1. The Hall–Kier alpha value is -2.66. The number of carbonyl (C=O) groups excluding carboxylic acids is 2. The van der Waals surface area contributed by atoms with E-state index in [9.17, 15) is 14.7 Å². The monoisotopic (exact) mass is 296 g/mol. The van der Waals surface area contributed by atoms with Gasteiger partial charge in [0.25, 0.3) is 0 Å². The summed E-state index contributed by atoms with van der Waals surface area (Å²) in [6, 6.07) is 14.3. The number of amides is 2. The van der Waals surface area contributed by atoms with E-state index in [-0.39, 0.29) is 18.2 Å². The van der Waals surface area contributed by atoms with Crippen molar-refractivity contribution in [2.75, 3.05) is 10.6 Å². The van der Waals surface area contributed by atoms with E-state index in [0.29, 0.717) is 17.7 Å². The summed E-state index contributed by atoms with van der Waals surface area (Å²) in [4.78, 5) is 23.3. The molecule has 1 heterocycles. The number of fused-ring (bicyclic) bond motifs is 1. The lowest BCUT2D eigenvalue weighted by Crippen LogP contribution is -2.15. The highest BCUT2D eigenvalue weighted by molar-refractivity contribution is 6.00. The largest absolute Gasteiger partial charge is 0.388 e. The van der Waals surface area contributed by atoms with Crippen LogP contribution in [-0.2, 0) is 16.0 Å². The van der Waals surface area contributed by atoms with Crippen molar-refractivity contribution in [1.82, 2.24) is 0 Å². The summed E-state index contributed by atoms with van der Waals surface area (Å²) in [6.45, 7) is 0. The molecule has 3 rings (SSSR count). The van der Waals surface area contributed by atoms with Crippen molar-refractivity contribution in [3.8, 4) is 0 Å². The normalized spacial score (nSPS) is 14.1. The Morgan fingerprint density at radius 1 is 1.23 bits per heavy atom. The van der Waals surface area contributed by atoms with E-state index in [1.165, 1.54) is 0 Å². The quantitative estimate of drug-likeness (QED) is 0.809. The second kappa shape index (κ2) is 5.99. The molecule has 0 saturated heterocycles. The van der Waals surface area contributed by atoms with Gasteiger partial charge in [0.2, 0.25) is 11.8 Å². The minimum absolute atomic E-state index is 0.0156. The van der Waals surface area contributed by atoms with Gasteiger partial charge in [-0.15, -0.1) is 0 Å². The third kappa shape index (κ3) is 3.15. The molecule has 1 atom stereocenters. The van der Waals surface area contributed by atoms with Gasteiger partial charge in [-0.1, -0.05) is 30.3 Å². The standard InChI is InChI=1S/C17H16N2O3/c20-15(11-4-2-1-3-5-11)10-17(22)18-13-6-7-14-12(8-13)9-16(21)19-14/h1-8,15,20H,9-10H2,(H,18,22)(H,19,21). The van der Waals surface area contributed by atoms with Crippen LogP contribution in [0.5, 0.6) is 0 Å². The van der Waals surface area contributed by atoms with Crippen LogP contribution in [0.1, 0.15) is 23.7 Å². The number of rotatable bonds is 4. The molecule has 0 aromatic heterocycles. The van der Waals surface area contributed by atoms with Gasteiger partial charge in [0.15, 0.2) is 0 Å². The van der Waals surface area contributed by atoms with Crippen LogP contribution in [0.3, 0.4) is 0 Å². The number of hydrogen-bond donors (Lipinski definition) is 3. The summed E-state index contributed by atoms with van der Waals surface area (Å²) in [5.74, 6) is -0.313. The molecule has 2 amide bonds. The minimum atomic E-state index is -0.834. The smallest absolute Gasteiger partial charge is 0.228 e. The molecule has 2 aromatic carbocycles. The van der Waals surface area contributed by atoms with Gasteiger partial charge in [0.1, 0.15) is 0 Å². The molecule has 0 fully saturated rings. The summed E-state index contributed by atoms with van der Waals surface area (Å²) in [5, 5.41) is 15.5. The van der Waals surface area contributed by atoms with Crippen molar-refractivity contribution >= 4 is 23.2 Å². The van der Waals surface area contributed by atoms with Crippen LogP contribution < -0.4 is 10.6 Å². The minimum Gasteiger partial charge on any atom is -0.388 e. The zero-order valence-electron chi connectivity index (χ0n) is 11.9. The van der Waals surface area contributed by atoms with Crippen molar-refractivity contribution in [2.45, 2.75) is 18.9 Å². The van der Waals surface area contributed by atoms with Crippen LogP contribution in [0.4, 0.5) is 11.4 Å². The fraction of sp³-hybridized carbons (Fsp3) is 0.176. The molecule has 22 heavy (non-hydrogen) atoms. The molecule has 1 unspecified atom stereocenters. The van der Waals surface area contributed by atoms with Crippen LogP contribution in [-0.4, -0.2) is 16.9 Å². The maximum atomic E-state index is 12.0. The molecule has 2 aromatic rings. The predicted molar refractivity (Wildman–Crippen MR) is 83.4 cm³/mol. The van der Waals surface area contributed by atoms with Crippen LogP contribution in [0.2, 0.25) is 0 Å². The van der Waals surface area contributed by atoms with Crippen molar-refractivity contribution in [3.05, 3.63) is 59.7 Å². The zero-order valence-corrected chi connectivity index (χ0v) is 11.9. The molecule has 1 aliphatic heterocycles. The molecule has 1 aliphatic rings. The molecule has 3 N–H and O–H groups in total. The van der Waals surface area contributed by atoms with E-state index in [4.69, 9.17) is 0 Å². The predicted octanol–water partition coefficient (Wildman–Crippen LogP) is 2.24. The Balaban J connectivity index is 1.63. The Kier molecular flexibility index (Phi) is 3.89. The molecular weight excluding hydrogens is 280 g/mol. The van der Waals surface area contributed by atoms with Crippen molar-refractivity contribution in [1.29, 1.82) is 0 Å². The third-order valence-electron chi connectivity index (χ3n) is 3.58. The van der Waals surface area contributed by atoms with E-state index >= 15 is 0 Å². The van der Waals surface area contributed by atoms with E-state index < -0.39 is 6.10 Å². The first kappa shape index (κ1) is 14.3. The molecule has 5 nitrogen and oxygen atoms in total. The van der Waals surface area contributed by atoms with Gasteiger partial charge in [0.05, 0.1) is 18.9 Å². The van der Waals surface area contributed by atoms with Gasteiger partial charge in [-0.05, 0) is 29.3 Å². The van der Waals surface area contributed by atoms with E-state index in [1.54, 1.807) is 30.3 Å². The number of benzene rings is 2. The Morgan fingerprint density at radius 2 is 2.00 bits per heavy atom. The first-order valence-electron chi connectivity index (χ1n) is 7.07. The van der Waals surface area contributed by atoms with Crippen LogP contribution >= 0.6 is 0 Å². The lowest BCUT2D eigenvalue weighted by molar-refractivity contribution is -0.118. The highest BCUT2D eigenvalue weighted by Gasteiger charge is 2.18. The average Bonchev–Trinajstić information content (AvgIpc) is 2.87. The number of anilines is 2. The molecule has 0 radical (unpaired) electrons. The van der Waals surface area contributed by atoms with E-state index in [0.717, 1.165) is 11.3 Å². The molecule has 0 spiro atoms. The molecule has 5 heteroatoms. The Morgan fingerprint density at radius 3 is 2.77 bits per heavy atom. The number of aliphatic hydroxyl groups excluding tert-OH is 1. The van der Waals surface area contributed by atoms with Crippen LogP contribution in [0, 0.1) is 0 Å². The van der Waals surface area contributed by atoms with Gasteiger partial charge in [-0.2, -0.15) is 0 Å². The highest BCUT2D eigenvalue weighted by Crippen LogP contribution is 2.26. The fourth-order valence-corrected chi connectivity index (χ4v) is 2.49. The molecular formula is C17H16N2O3. The van der Waals surface area contributed by atoms with Crippen molar-refractivity contribution in [3.63, 3.8) is 0 Å². The number of nitrogens with one attached hydrogen (secondary N) is 2. The highest BCUT2D eigenvalue weighted by atomic mass is 16.3. The summed E-state index contributed by atoms with van der Waals surface area (Å²) in [7, 11) is 0. The zero-order chi connectivity index (χ0) is 15.5. The average molecular weight is 296 g/mol. The van der Waals surface area contributed by atoms with E-state index in [1.807, 2.05) is 18.2 Å². The summed E-state index contributed by atoms with van der Waals surface area (Å²) in [5.41, 5.74) is 2.99. The van der Waals surface area contributed by atoms with E-state index in [2.05, 4.69) is 10.6 Å². The topological polar surface area (TPSA) is 78.4 Å². The van der Waals surface area contributed by atoms with Gasteiger partial charge >= 0.3 is 0 Å². The molecule has 0 aliphatic carbocycles. The Labute approximate surface area is 128 Å². The lowest BCUT2D eigenvalue weighted by atomic mass is 10.1. The lowest BCUT2D eigenvalue weighted by Gasteiger charge is -2.11. The second-order valence-corrected chi connectivity index (χ2v) is 5.28. The molecule has 0 bridgehead atoms. The second-order valence-electron chi connectivity index (χ2n) is 5.28. The van der Waals surface area contributed by atoms with Crippen molar-refractivity contribution < 1.29 is 14.7 Å². The first-order valence-corrected chi connectivity index (χ1v) is 7.07. The maximum absolute atomic E-state index is 12.0. The first-order chi connectivity index (χ1) is 10.6. The number of carbonyl (C=O) groups is 2. The Bertz CT molecular complexity index is 713. The summed E-state index contributed by atoms with van der Waals surface area (Å²) in [6.07, 6.45) is -0.525.